The maximum absolute atomic E-state index is 12.8. The number of carbonyl (C=O) groups excluding carboxylic acids is 1. The number of methoxy groups -OCH3 is 1. The summed E-state index contributed by atoms with van der Waals surface area (Å²) in [6.45, 7) is 1.51. The van der Waals surface area contributed by atoms with Crippen molar-refractivity contribution < 1.29 is 13.9 Å². The van der Waals surface area contributed by atoms with E-state index < -0.39 is 5.60 Å². The van der Waals surface area contributed by atoms with Crippen LogP contribution in [0.5, 0.6) is 0 Å². The normalized spacial score (nSPS) is 18.3. The van der Waals surface area contributed by atoms with E-state index in [2.05, 4.69) is 10.6 Å². The van der Waals surface area contributed by atoms with Gasteiger partial charge in [0.15, 0.2) is 0 Å². The molecule has 1 aromatic rings. The number of piperidine rings is 1. The Bertz CT molecular complexity index is 414. The summed E-state index contributed by atoms with van der Waals surface area (Å²) in [7, 11) is 1.55. The van der Waals surface area contributed by atoms with Gasteiger partial charge < -0.3 is 15.4 Å². The van der Waals surface area contributed by atoms with Crippen molar-refractivity contribution in [3.63, 3.8) is 0 Å². The number of amides is 1. The molecule has 1 aliphatic rings. The lowest BCUT2D eigenvalue weighted by atomic mass is 9.91. The zero-order chi connectivity index (χ0) is 13.0. The molecule has 2 N–H and O–H groups in total. The average molecular weight is 252 g/mol. The van der Waals surface area contributed by atoms with E-state index in [0.717, 1.165) is 13.1 Å². The molecular formula is C13H17FN2O2. The molecular weight excluding hydrogens is 235 g/mol. The summed E-state index contributed by atoms with van der Waals surface area (Å²) in [5.74, 6) is -0.491. The van der Waals surface area contributed by atoms with Gasteiger partial charge in [-0.3, -0.25) is 4.79 Å². The monoisotopic (exact) mass is 252 g/mol. The molecule has 0 aliphatic carbocycles. The summed E-state index contributed by atoms with van der Waals surface area (Å²) in [5, 5.41) is 5.96. The highest BCUT2D eigenvalue weighted by atomic mass is 19.1. The third kappa shape index (κ3) is 2.68. The predicted molar refractivity (Wildman–Crippen MR) is 66.9 cm³/mol. The highest BCUT2D eigenvalue weighted by molar-refractivity contribution is 5.97. The number of nitrogens with one attached hydrogen (secondary N) is 2. The molecule has 0 spiro atoms. The Morgan fingerprint density at radius 1 is 1.33 bits per heavy atom. The number of hydrogen-bond donors (Lipinski definition) is 2. The fourth-order valence-electron chi connectivity index (χ4n) is 2.13. The van der Waals surface area contributed by atoms with Gasteiger partial charge >= 0.3 is 0 Å². The Kier molecular flexibility index (Phi) is 3.93. The van der Waals surface area contributed by atoms with Crippen LogP contribution in [-0.2, 0) is 9.53 Å². The van der Waals surface area contributed by atoms with Crippen LogP contribution in [0.2, 0.25) is 0 Å². The summed E-state index contributed by atoms with van der Waals surface area (Å²) >= 11 is 0. The van der Waals surface area contributed by atoms with Gasteiger partial charge in [-0.05, 0) is 50.2 Å². The second-order valence-electron chi connectivity index (χ2n) is 4.41. The molecule has 0 unspecified atom stereocenters. The van der Waals surface area contributed by atoms with Gasteiger partial charge in [0.2, 0.25) is 0 Å². The lowest BCUT2D eigenvalue weighted by Crippen LogP contribution is -2.51. The first-order chi connectivity index (χ1) is 8.66. The number of benzene rings is 1. The third-order valence-electron chi connectivity index (χ3n) is 3.32. The van der Waals surface area contributed by atoms with Gasteiger partial charge in [-0.15, -0.1) is 0 Å². The quantitative estimate of drug-likeness (QED) is 0.857. The maximum Gasteiger partial charge on any atom is 0.256 e. The highest BCUT2D eigenvalue weighted by Crippen LogP contribution is 2.24. The Morgan fingerprint density at radius 2 is 1.94 bits per heavy atom. The number of carbonyl (C=O) groups is 1. The molecule has 1 saturated heterocycles. The van der Waals surface area contributed by atoms with Crippen LogP contribution in [0.4, 0.5) is 10.1 Å². The Balaban J connectivity index is 2.07. The maximum atomic E-state index is 12.8. The fraction of sp³-hybridized carbons (Fsp3) is 0.462. The van der Waals surface area contributed by atoms with Gasteiger partial charge in [0, 0.05) is 12.8 Å². The van der Waals surface area contributed by atoms with Crippen molar-refractivity contribution in [2.75, 3.05) is 25.5 Å². The predicted octanol–water partition coefficient (Wildman–Crippen LogP) is 1.53. The summed E-state index contributed by atoms with van der Waals surface area (Å²) in [6.07, 6.45) is 1.27. The van der Waals surface area contributed by atoms with E-state index in [0.29, 0.717) is 18.5 Å². The molecule has 1 heterocycles. The smallest absolute Gasteiger partial charge is 0.256 e. The topological polar surface area (TPSA) is 50.4 Å². The Labute approximate surface area is 106 Å². The second kappa shape index (κ2) is 5.46. The van der Waals surface area contributed by atoms with E-state index in [4.69, 9.17) is 4.74 Å². The van der Waals surface area contributed by atoms with Crippen LogP contribution >= 0.6 is 0 Å². The fourth-order valence-corrected chi connectivity index (χ4v) is 2.13. The van der Waals surface area contributed by atoms with Crippen molar-refractivity contribution in [3.8, 4) is 0 Å². The first-order valence-electron chi connectivity index (χ1n) is 5.99. The van der Waals surface area contributed by atoms with Crippen molar-refractivity contribution in [2.24, 2.45) is 0 Å². The molecule has 1 aromatic carbocycles. The number of hydrogen-bond acceptors (Lipinski definition) is 3. The molecule has 2 rings (SSSR count). The van der Waals surface area contributed by atoms with E-state index in [1.54, 1.807) is 7.11 Å². The van der Waals surface area contributed by atoms with Crippen LogP contribution in [0.3, 0.4) is 0 Å². The Morgan fingerprint density at radius 3 is 2.50 bits per heavy atom. The van der Waals surface area contributed by atoms with Crippen LogP contribution in [0.15, 0.2) is 24.3 Å². The van der Waals surface area contributed by atoms with Gasteiger partial charge in [0.05, 0.1) is 0 Å². The minimum Gasteiger partial charge on any atom is -0.368 e. The minimum atomic E-state index is -0.778. The van der Waals surface area contributed by atoms with E-state index in [-0.39, 0.29) is 11.7 Å². The first kappa shape index (κ1) is 13.0. The van der Waals surface area contributed by atoms with Crippen molar-refractivity contribution in [2.45, 2.75) is 18.4 Å². The van der Waals surface area contributed by atoms with Crippen LogP contribution in [-0.4, -0.2) is 31.7 Å². The van der Waals surface area contributed by atoms with Crippen LogP contribution < -0.4 is 10.6 Å². The minimum absolute atomic E-state index is 0.168. The molecule has 0 saturated carbocycles. The SMILES string of the molecule is COC1(C(=O)Nc2ccc(F)cc2)CCNCC1. The molecule has 4 nitrogen and oxygen atoms in total. The van der Waals surface area contributed by atoms with E-state index >= 15 is 0 Å². The van der Waals surface area contributed by atoms with E-state index in [1.165, 1.54) is 24.3 Å². The Hall–Kier alpha value is -1.46. The molecule has 0 bridgehead atoms. The first-order valence-corrected chi connectivity index (χ1v) is 5.99. The van der Waals surface area contributed by atoms with Crippen LogP contribution in [0, 0.1) is 5.82 Å². The van der Waals surface area contributed by atoms with Crippen molar-refractivity contribution in [1.82, 2.24) is 5.32 Å². The zero-order valence-electron chi connectivity index (χ0n) is 10.3. The van der Waals surface area contributed by atoms with Crippen molar-refractivity contribution >= 4 is 11.6 Å². The number of anilines is 1. The standard InChI is InChI=1S/C13H17FN2O2/c1-18-13(6-8-15-9-7-13)12(17)16-11-4-2-10(14)3-5-11/h2-5,15H,6-9H2,1H3,(H,16,17). The van der Waals surface area contributed by atoms with Crippen molar-refractivity contribution in [1.29, 1.82) is 0 Å². The summed E-state index contributed by atoms with van der Waals surface area (Å²) in [6, 6.07) is 5.71. The van der Waals surface area contributed by atoms with Crippen LogP contribution in [0.25, 0.3) is 0 Å². The summed E-state index contributed by atoms with van der Waals surface area (Å²) in [5.41, 5.74) is -0.198. The number of halogens is 1. The lowest BCUT2D eigenvalue weighted by molar-refractivity contribution is -0.140. The molecule has 0 aromatic heterocycles. The van der Waals surface area contributed by atoms with E-state index in [9.17, 15) is 9.18 Å². The highest BCUT2D eigenvalue weighted by Gasteiger charge is 2.39. The summed E-state index contributed by atoms with van der Waals surface area (Å²) < 4.78 is 18.2. The van der Waals surface area contributed by atoms with Gasteiger partial charge in [-0.2, -0.15) is 0 Å². The van der Waals surface area contributed by atoms with Gasteiger partial charge in [-0.25, -0.2) is 4.39 Å². The molecule has 5 heteroatoms. The molecule has 1 fully saturated rings. The van der Waals surface area contributed by atoms with Gasteiger partial charge in [0.25, 0.3) is 5.91 Å². The van der Waals surface area contributed by atoms with Crippen molar-refractivity contribution in [3.05, 3.63) is 30.1 Å². The molecule has 18 heavy (non-hydrogen) atoms. The van der Waals surface area contributed by atoms with Crippen LogP contribution in [0.1, 0.15) is 12.8 Å². The third-order valence-corrected chi connectivity index (χ3v) is 3.32. The zero-order valence-corrected chi connectivity index (χ0v) is 10.3. The summed E-state index contributed by atoms with van der Waals surface area (Å²) in [4.78, 5) is 12.2. The largest absolute Gasteiger partial charge is 0.368 e. The molecule has 0 radical (unpaired) electrons. The molecule has 98 valence electrons. The van der Waals surface area contributed by atoms with E-state index in [1.807, 2.05) is 0 Å². The second-order valence-corrected chi connectivity index (χ2v) is 4.41. The number of rotatable bonds is 3. The van der Waals surface area contributed by atoms with Gasteiger partial charge in [0.1, 0.15) is 11.4 Å². The number of ether oxygens (including phenoxy) is 1. The van der Waals surface area contributed by atoms with Gasteiger partial charge in [-0.1, -0.05) is 0 Å². The molecule has 0 atom stereocenters. The molecule has 1 aliphatic heterocycles. The molecule has 1 amide bonds. The average Bonchev–Trinajstić information content (AvgIpc) is 2.42. The lowest BCUT2D eigenvalue weighted by Gasteiger charge is -2.34.